The van der Waals surface area contributed by atoms with Crippen LogP contribution in [0.1, 0.15) is 43.8 Å². The molecule has 1 aliphatic carbocycles. The van der Waals surface area contributed by atoms with Crippen LogP contribution in [0.2, 0.25) is 5.02 Å². The molecular formula is C16H21ClN2O3. The zero-order valence-corrected chi connectivity index (χ0v) is 13.1. The standard InChI is InChI=1S/C16H21ClN2O3/c17-12-7-5-11(6-8-12)14(20)9-16(22)19(10-15(18)21)13-3-1-2-4-13/h5-8,13-14,20H,1-4,9-10H2,(H2,18,21). The van der Waals surface area contributed by atoms with E-state index >= 15 is 0 Å². The van der Waals surface area contributed by atoms with Crippen molar-refractivity contribution in [1.82, 2.24) is 4.90 Å². The number of nitrogens with zero attached hydrogens (tertiary/aromatic N) is 1. The van der Waals surface area contributed by atoms with Crippen LogP contribution < -0.4 is 5.73 Å². The maximum atomic E-state index is 12.4. The van der Waals surface area contributed by atoms with Crippen molar-refractivity contribution >= 4 is 23.4 Å². The number of carbonyl (C=O) groups excluding carboxylic acids is 2. The summed E-state index contributed by atoms with van der Waals surface area (Å²) in [4.78, 5) is 25.2. The summed E-state index contributed by atoms with van der Waals surface area (Å²) in [5.41, 5.74) is 5.88. The van der Waals surface area contributed by atoms with Crippen molar-refractivity contribution in [2.45, 2.75) is 44.2 Å². The van der Waals surface area contributed by atoms with Gasteiger partial charge in [-0.2, -0.15) is 0 Å². The summed E-state index contributed by atoms with van der Waals surface area (Å²) in [7, 11) is 0. The van der Waals surface area contributed by atoms with Crippen LogP contribution in [0.25, 0.3) is 0 Å². The molecule has 1 atom stereocenters. The topological polar surface area (TPSA) is 83.6 Å². The molecule has 5 nitrogen and oxygen atoms in total. The van der Waals surface area contributed by atoms with E-state index in [1.807, 2.05) is 0 Å². The molecule has 0 aromatic heterocycles. The Balaban J connectivity index is 2.03. The van der Waals surface area contributed by atoms with E-state index in [0.717, 1.165) is 25.7 Å². The third-order valence-electron chi connectivity index (χ3n) is 4.03. The van der Waals surface area contributed by atoms with Gasteiger partial charge < -0.3 is 15.7 Å². The molecule has 0 spiro atoms. The van der Waals surface area contributed by atoms with Crippen molar-refractivity contribution in [3.05, 3.63) is 34.9 Å². The molecular weight excluding hydrogens is 304 g/mol. The van der Waals surface area contributed by atoms with E-state index in [-0.39, 0.29) is 24.9 Å². The van der Waals surface area contributed by atoms with Gasteiger partial charge in [0.1, 0.15) is 0 Å². The number of hydrogen-bond donors (Lipinski definition) is 2. The van der Waals surface area contributed by atoms with Gasteiger partial charge in [-0.05, 0) is 30.5 Å². The number of benzene rings is 1. The molecule has 1 aromatic rings. The largest absolute Gasteiger partial charge is 0.388 e. The van der Waals surface area contributed by atoms with Crippen LogP contribution in [0.4, 0.5) is 0 Å². The maximum Gasteiger partial charge on any atom is 0.237 e. The van der Waals surface area contributed by atoms with Gasteiger partial charge in [-0.15, -0.1) is 0 Å². The Hall–Kier alpha value is -1.59. The van der Waals surface area contributed by atoms with Crippen molar-refractivity contribution in [1.29, 1.82) is 0 Å². The van der Waals surface area contributed by atoms with Gasteiger partial charge in [-0.1, -0.05) is 36.6 Å². The van der Waals surface area contributed by atoms with E-state index < -0.39 is 12.0 Å². The van der Waals surface area contributed by atoms with Gasteiger partial charge in [0, 0.05) is 11.1 Å². The predicted octanol–water partition coefficient (Wildman–Crippen LogP) is 2.02. The molecule has 0 radical (unpaired) electrons. The van der Waals surface area contributed by atoms with Crippen LogP contribution in [0, 0.1) is 0 Å². The van der Waals surface area contributed by atoms with E-state index in [2.05, 4.69) is 0 Å². The Morgan fingerprint density at radius 1 is 1.27 bits per heavy atom. The average molecular weight is 325 g/mol. The molecule has 120 valence electrons. The van der Waals surface area contributed by atoms with Crippen molar-refractivity contribution < 1.29 is 14.7 Å². The molecule has 6 heteroatoms. The summed E-state index contributed by atoms with van der Waals surface area (Å²) in [5.74, 6) is -0.769. The van der Waals surface area contributed by atoms with E-state index in [1.54, 1.807) is 24.3 Å². The molecule has 3 N–H and O–H groups in total. The van der Waals surface area contributed by atoms with Gasteiger partial charge >= 0.3 is 0 Å². The highest BCUT2D eigenvalue weighted by molar-refractivity contribution is 6.30. The number of aliphatic hydroxyl groups is 1. The molecule has 0 aliphatic heterocycles. The van der Waals surface area contributed by atoms with Gasteiger partial charge in [0.05, 0.1) is 19.1 Å². The van der Waals surface area contributed by atoms with E-state index in [4.69, 9.17) is 17.3 Å². The number of halogens is 1. The lowest BCUT2D eigenvalue weighted by atomic mass is 10.1. The summed E-state index contributed by atoms with van der Waals surface area (Å²) < 4.78 is 0. The second kappa shape index (κ2) is 7.61. The zero-order chi connectivity index (χ0) is 16.1. The van der Waals surface area contributed by atoms with Crippen LogP contribution >= 0.6 is 11.6 Å². The molecule has 1 saturated carbocycles. The molecule has 1 aliphatic rings. The molecule has 0 saturated heterocycles. The maximum absolute atomic E-state index is 12.4. The lowest BCUT2D eigenvalue weighted by Gasteiger charge is -2.28. The molecule has 1 aromatic carbocycles. The average Bonchev–Trinajstić information content (AvgIpc) is 2.99. The smallest absolute Gasteiger partial charge is 0.237 e. The third kappa shape index (κ3) is 4.45. The minimum atomic E-state index is -0.915. The third-order valence-corrected chi connectivity index (χ3v) is 4.29. The van der Waals surface area contributed by atoms with Gasteiger partial charge in [-0.3, -0.25) is 9.59 Å². The molecule has 1 fully saturated rings. The first-order valence-electron chi connectivity index (χ1n) is 7.48. The van der Waals surface area contributed by atoms with Crippen LogP contribution in [-0.4, -0.2) is 34.4 Å². The number of aliphatic hydroxyl groups excluding tert-OH is 1. The summed E-state index contributed by atoms with van der Waals surface area (Å²) in [6.45, 7) is -0.0865. The number of carbonyl (C=O) groups is 2. The molecule has 1 unspecified atom stereocenters. The molecule has 22 heavy (non-hydrogen) atoms. The summed E-state index contributed by atoms with van der Waals surface area (Å²) >= 11 is 5.81. The quantitative estimate of drug-likeness (QED) is 0.839. The first kappa shape index (κ1) is 16.8. The highest BCUT2D eigenvalue weighted by Crippen LogP contribution is 2.26. The zero-order valence-electron chi connectivity index (χ0n) is 12.4. The predicted molar refractivity (Wildman–Crippen MR) is 84.2 cm³/mol. The number of hydrogen-bond acceptors (Lipinski definition) is 3. The Kier molecular flexibility index (Phi) is 5.80. The van der Waals surface area contributed by atoms with Gasteiger partial charge in [0.2, 0.25) is 11.8 Å². The highest BCUT2D eigenvalue weighted by Gasteiger charge is 2.29. The molecule has 0 heterocycles. The van der Waals surface area contributed by atoms with Crippen LogP contribution in [0.3, 0.4) is 0 Å². The number of primary amides is 1. The van der Waals surface area contributed by atoms with Crippen molar-refractivity contribution in [3.8, 4) is 0 Å². The lowest BCUT2D eigenvalue weighted by molar-refractivity contribution is -0.139. The SMILES string of the molecule is NC(=O)CN(C(=O)CC(O)c1ccc(Cl)cc1)C1CCCC1. The van der Waals surface area contributed by atoms with Crippen molar-refractivity contribution in [2.24, 2.45) is 5.73 Å². The molecule has 2 rings (SSSR count). The Labute approximate surface area is 135 Å². The summed E-state index contributed by atoms with van der Waals surface area (Å²) in [6, 6.07) is 6.77. The van der Waals surface area contributed by atoms with Crippen LogP contribution in [0.15, 0.2) is 24.3 Å². The fraction of sp³-hybridized carbons (Fsp3) is 0.500. The van der Waals surface area contributed by atoms with Gasteiger partial charge in [0.15, 0.2) is 0 Å². The fourth-order valence-electron chi connectivity index (χ4n) is 2.89. The first-order valence-corrected chi connectivity index (χ1v) is 7.86. The van der Waals surface area contributed by atoms with Gasteiger partial charge in [-0.25, -0.2) is 0 Å². The van der Waals surface area contributed by atoms with E-state index in [1.165, 1.54) is 4.90 Å². The number of nitrogens with two attached hydrogens (primary N) is 1. The number of rotatable bonds is 6. The second-order valence-electron chi connectivity index (χ2n) is 5.70. The van der Waals surface area contributed by atoms with Crippen LogP contribution in [-0.2, 0) is 9.59 Å². The minimum Gasteiger partial charge on any atom is -0.388 e. The molecule has 0 bridgehead atoms. The first-order chi connectivity index (χ1) is 10.5. The molecule has 2 amide bonds. The Bertz CT molecular complexity index is 527. The lowest BCUT2D eigenvalue weighted by Crippen LogP contribution is -2.44. The van der Waals surface area contributed by atoms with Gasteiger partial charge in [0.25, 0.3) is 0 Å². The fourth-order valence-corrected chi connectivity index (χ4v) is 3.02. The monoisotopic (exact) mass is 324 g/mol. The summed E-state index contributed by atoms with van der Waals surface area (Å²) in [5, 5.41) is 10.8. The number of amides is 2. The van der Waals surface area contributed by atoms with Crippen molar-refractivity contribution in [2.75, 3.05) is 6.54 Å². The van der Waals surface area contributed by atoms with E-state index in [9.17, 15) is 14.7 Å². The van der Waals surface area contributed by atoms with Crippen molar-refractivity contribution in [3.63, 3.8) is 0 Å². The Morgan fingerprint density at radius 2 is 1.86 bits per heavy atom. The summed E-state index contributed by atoms with van der Waals surface area (Å²) in [6.07, 6.45) is 2.89. The normalized spacial score (nSPS) is 16.5. The Morgan fingerprint density at radius 3 is 2.41 bits per heavy atom. The van der Waals surface area contributed by atoms with E-state index in [0.29, 0.717) is 10.6 Å². The van der Waals surface area contributed by atoms with Crippen LogP contribution in [0.5, 0.6) is 0 Å². The second-order valence-corrected chi connectivity index (χ2v) is 6.13. The highest BCUT2D eigenvalue weighted by atomic mass is 35.5. The minimum absolute atomic E-state index is 0.0532.